The van der Waals surface area contributed by atoms with E-state index in [-0.39, 0.29) is 24.2 Å². The van der Waals surface area contributed by atoms with Crippen molar-refractivity contribution in [1.29, 1.82) is 5.26 Å². The molecule has 2 aromatic rings. The van der Waals surface area contributed by atoms with Gasteiger partial charge in [-0.1, -0.05) is 30.3 Å². The average Bonchev–Trinajstić information content (AvgIpc) is 2.76. The molecule has 172 valence electrons. The number of nitrogens with zero attached hydrogens (tertiary/aromatic N) is 6. The standard InChI is InChI=1S/C25H31N7O/c1-18-13-31(23-12-27-11-22(10-26)28-23)14-19(2)32(18)24(33)29-21-8-25(9-21)16-30(17-25)15-20-6-4-3-5-7-20/h3-7,11-12,18-19,21H,8-9,13-17H2,1-2H3,(H,29,33)/t18-,19-/m1/s1. The molecule has 33 heavy (non-hydrogen) atoms. The van der Waals surface area contributed by atoms with E-state index in [1.54, 1.807) is 6.20 Å². The first-order valence-corrected chi connectivity index (χ1v) is 11.8. The van der Waals surface area contributed by atoms with E-state index in [9.17, 15) is 4.79 Å². The van der Waals surface area contributed by atoms with Gasteiger partial charge in [0, 0.05) is 50.8 Å². The van der Waals surface area contributed by atoms with Gasteiger partial charge in [0.05, 0.1) is 12.4 Å². The summed E-state index contributed by atoms with van der Waals surface area (Å²) in [5.41, 5.74) is 2.07. The summed E-state index contributed by atoms with van der Waals surface area (Å²) in [4.78, 5) is 28.2. The predicted octanol–water partition coefficient (Wildman–Crippen LogP) is 2.62. The number of nitrogens with one attached hydrogen (secondary N) is 1. The number of anilines is 1. The number of aromatic nitrogens is 2. The minimum atomic E-state index is 0.0341. The second kappa shape index (κ2) is 8.64. The summed E-state index contributed by atoms with van der Waals surface area (Å²) in [7, 11) is 0. The first-order chi connectivity index (χ1) is 15.9. The zero-order valence-electron chi connectivity index (χ0n) is 19.3. The summed E-state index contributed by atoms with van der Waals surface area (Å²) >= 11 is 0. The summed E-state index contributed by atoms with van der Waals surface area (Å²) in [5, 5.41) is 12.4. The fourth-order valence-corrected chi connectivity index (χ4v) is 5.92. The van der Waals surface area contributed by atoms with Crippen molar-refractivity contribution >= 4 is 11.8 Å². The van der Waals surface area contributed by atoms with Crippen LogP contribution in [0.15, 0.2) is 42.7 Å². The van der Waals surface area contributed by atoms with Crippen molar-refractivity contribution in [3.63, 3.8) is 0 Å². The number of likely N-dealkylation sites (tertiary alicyclic amines) is 1. The van der Waals surface area contributed by atoms with E-state index < -0.39 is 0 Å². The highest BCUT2D eigenvalue weighted by molar-refractivity contribution is 5.76. The highest BCUT2D eigenvalue weighted by Crippen LogP contribution is 2.48. The molecule has 1 saturated carbocycles. The molecule has 1 aromatic carbocycles. The second-order valence-electron chi connectivity index (χ2n) is 10.1. The van der Waals surface area contributed by atoms with Gasteiger partial charge in [-0.25, -0.2) is 9.78 Å². The zero-order chi connectivity index (χ0) is 23.0. The van der Waals surface area contributed by atoms with Crippen molar-refractivity contribution in [3.05, 3.63) is 54.0 Å². The van der Waals surface area contributed by atoms with Crippen molar-refractivity contribution in [2.24, 2.45) is 5.41 Å². The number of hydrogen-bond donors (Lipinski definition) is 1. The lowest BCUT2D eigenvalue weighted by atomic mass is 9.60. The molecule has 8 heteroatoms. The van der Waals surface area contributed by atoms with Gasteiger partial charge in [-0.2, -0.15) is 5.26 Å². The highest BCUT2D eigenvalue weighted by atomic mass is 16.2. The van der Waals surface area contributed by atoms with Crippen molar-refractivity contribution in [2.75, 3.05) is 31.1 Å². The van der Waals surface area contributed by atoms with E-state index in [1.165, 1.54) is 11.8 Å². The van der Waals surface area contributed by atoms with E-state index in [4.69, 9.17) is 5.26 Å². The minimum absolute atomic E-state index is 0.0341. The van der Waals surface area contributed by atoms with Crippen LogP contribution in [-0.2, 0) is 6.54 Å². The van der Waals surface area contributed by atoms with E-state index in [1.807, 2.05) is 11.0 Å². The molecule has 1 spiro atoms. The molecule has 3 heterocycles. The van der Waals surface area contributed by atoms with Gasteiger partial charge in [-0.05, 0) is 37.7 Å². The Morgan fingerprint density at radius 3 is 2.52 bits per heavy atom. The maximum absolute atomic E-state index is 13.1. The Labute approximate surface area is 195 Å². The van der Waals surface area contributed by atoms with Crippen LogP contribution in [0.5, 0.6) is 0 Å². The van der Waals surface area contributed by atoms with Crippen LogP contribution in [0.3, 0.4) is 0 Å². The molecule has 2 aliphatic heterocycles. The van der Waals surface area contributed by atoms with E-state index >= 15 is 0 Å². The van der Waals surface area contributed by atoms with Crippen molar-refractivity contribution < 1.29 is 4.79 Å². The average molecular weight is 446 g/mol. The van der Waals surface area contributed by atoms with Crippen molar-refractivity contribution in [3.8, 4) is 6.07 Å². The maximum Gasteiger partial charge on any atom is 0.318 e. The molecule has 5 rings (SSSR count). The molecule has 2 saturated heterocycles. The number of hydrogen-bond acceptors (Lipinski definition) is 6. The topological polar surface area (TPSA) is 88.4 Å². The Balaban J connectivity index is 1.10. The first-order valence-electron chi connectivity index (χ1n) is 11.8. The number of rotatable bonds is 4. The Kier molecular flexibility index (Phi) is 5.67. The quantitative estimate of drug-likeness (QED) is 0.778. The van der Waals surface area contributed by atoms with Crippen LogP contribution in [0, 0.1) is 16.7 Å². The maximum atomic E-state index is 13.1. The third kappa shape index (κ3) is 4.38. The molecule has 1 aromatic heterocycles. The fourth-order valence-electron chi connectivity index (χ4n) is 5.92. The molecule has 3 aliphatic rings. The van der Waals surface area contributed by atoms with Gasteiger partial charge >= 0.3 is 6.03 Å². The Morgan fingerprint density at radius 2 is 1.85 bits per heavy atom. The number of carbonyl (C=O) groups is 1. The normalized spacial score (nSPS) is 24.6. The van der Waals surface area contributed by atoms with Crippen LogP contribution in [0.1, 0.15) is 37.9 Å². The van der Waals surface area contributed by atoms with Crippen molar-refractivity contribution in [2.45, 2.75) is 51.4 Å². The van der Waals surface area contributed by atoms with Gasteiger partial charge in [0.25, 0.3) is 0 Å². The number of piperazine rings is 1. The number of urea groups is 1. The summed E-state index contributed by atoms with van der Waals surface area (Å²) in [6.07, 6.45) is 5.30. The third-order valence-electron chi connectivity index (χ3n) is 7.27. The monoisotopic (exact) mass is 445 g/mol. The Bertz CT molecular complexity index is 1030. The summed E-state index contributed by atoms with van der Waals surface area (Å²) in [6.45, 7) is 8.75. The summed E-state index contributed by atoms with van der Waals surface area (Å²) < 4.78 is 0. The fraction of sp³-hybridized carbons (Fsp3) is 0.520. The zero-order valence-corrected chi connectivity index (χ0v) is 19.3. The molecule has 0 bridgehead atoms. The lowest BCUT2D eigenvalue weighted by Gasteiger charge is -2.59. The largest absolute Gasteiger partial charge is 0.351 e. The van der Waals surface area contributed by atoms with Gasteiger partial charge in [0.2, 0.25) is 0 Å². The van der Waals surface area contributed by atoms with Gasteiger partial charge in [0.15, 0.2) is 5.69 Å². The molecule has 1 N–H and O–H groups in total. The molecule has 3 fully saturated rings. The molecule has 0 unspecified atom stereocenters. The molecule has 0 radical (unpaired) electrons. The highest BCUT2D eigenvalue weighted by Gasteiger charge is 2.52. The Hall–Kier alpha value is -3.18. The van der Waals surface area contributed by atoms with E-state index in [2.05, 4.69) is 69.3 Å². The second-order valence-corrected chi connectivity index (χ2v) is 10.1. The number of nitriles is 1. The van der Waals surface area contributed by atoms with E-state index in [0.29, 0.717) is 30.0 Å². The van der Waals surface area contributed by atoms with Crippen LogP contribution in [0.25, 0.3) is 0 Å². The van der Waals surface area contributed by atoms with Crippen molar-refractivity contribution in [1.82, 2.24) is 25.1 Å². The summed E-state index contributed by atoms with van der Waals surface area (Å²) in [6, 6.07) is 13.0. The molecular weight excluding hydrogens is 414 g/mol. The van der Waals surface area contributed by atoms with Crippen LogP contribution in [-0.4, -0.2) is 70.1 Å². The minimum Gasteiger partial charge on any atom is -0.351 e. The molecular formula is C25H31N7O. The smallest absolute Gasteiger partial charge is 0.318 e. The number of amides is 2. The van der Waals surface area contributed by atoms with Gasteiger partial charge < -0.3 is 15.1 Å². The van der Waals surface area contributed by atoms with Crippen LogP contribution >= 0.6 is 0 Å². The van der Waals surface area contributed by atoms with Crippen LogP contribution in [0.2, 0.25) is 0 Å². The molecule has 8 nitrogen and oxygen atoms in total. The SMILES string of the molecule is C[C@@H]1CN(c2cncc(C#N)n2)C[C@@H](C)N1C(=O)NC1CC2(C1)CN(Cc1ccccc1)C2. The number of carbonyl (C=O) groups excluding carboxylic acids is 1. The van der Waals surface area contributed by atoms with E-state index in [0.717, 1.165) is 32.5 Å². The first kappa shape index (κ1) is 21.7. The lowest BCUT2D eigenvalue weighted by Crippen LogP contribution is -2.68. The van der Waals surface area contributed by atoms with Gasteiger partial charge in [-0.15, -0.1) is 0 Å². The molecule has 2 atom stereocenters. The Morgan fingerprint density at radius 1 is 1.15 bits per heavy atom. The molecule has 1 aliphatic carbocycles. The summed E-state index contributed by atoms with van der Waals surface area (Å²) in [5.74, 6) is 0.693. The number of benzene rings is 1. The predicted molar refractivity (Wildman–Crippen MR) is 125 cm³/mol. The van der Waals surface area contributed by atoms with Crippen LogP contribution in [0.4, 0.5) is 10.6 Å². The molecule has 2 amide bonds. The van der Waals surface area contributed by atoms with Gasteiger partial charge in [0.1, 0.15) is 11.9 Å². The lowest BCUT2D eigenvalue weighted by molar-refractivity contribution is -0.0812. The van der Waals surface area contributed by atoms with Crippen LogP contribution < -0.4 is 10.2 Å². The third-order valence-corrected chi connectivity index (χ3v) is 7.27. The van der Waals surface area contributed by atoms with Gasteiger partial charge in [-0.3, -0.25) is 9.88 Å².